The molecule has 2 aromatic carbocycles. The second kappa shape index (κ2) is 8.73. The third-order valence-electron chi connectivity index (χ3n) is 4.78. The monoisotopic (exact) mass is 403 g/mol. The van der Waals surface area contributed by atoms with E-state index in [1.165, 1.54) is 12.3 Å². The molecule has 5 nitrogen and oxygen atoms in total. The smallest absolute Gasteiger partial charge is 0.191 e. The lowest BCUT2D eigenvalue weighted by atomic mass is 10.1. The molecule has 0 bridgehead atoms. The van der Waals surface area contributed by atoms with Crippen LogP contribution in [0.1, 0.15) is 30.4 Å². The number of guanidine groups is 1. The molecule has 3 rings (SSSR count). The van der Waals surface area contributed by atoms with Gasteiger partial charge < -0.3 is 10.6 Å². The predicted molar refractivity (Wildman–Crippen MR) is 110 cm³/mol. The molecule has 0 saturated heterocycles. The van der Waals surface area contributed by atoms with E-state index in [0.717, 1.165) is 30.1 Å². The number of nitrogens with one attached hydrogen (secondary N) is 2. The zero-order valence-corrected chi connectivity index (χ0v) is 17.0. The van der Waals surface area contributed by atoms with E-state index in [-0.39, 0.29) is 17.8 Å². The first-order valence-corrected chi connectivity index (χ1v) is 11.4. The standard InChI is InChI=1S/C21H26FN3O2S/c1-3-23-21(25-20-14-18(20)17-6-4-5-7-19(17)22)24-13-12-15-8-10-16(11-9-15)28(2,26)27/h4-11,18,20H,3,12-14H2,1-2H3,(H2,23,24,25). The van der Waals surface area contributed by atoms with Crippen molar-refractivity contribution in [3.05, 3.63) is 65.5 Å². The summed E-state index contributed by atoms with van der Waals surface area (Å²) in [5.74, 6) is 0.740. The average Bonchev–Trinajstić information content (AvgIpc) is 3.41. The number of sulfone groups is 1. The van der Waals surface area contributed by atoms with Gasteiger partial charge in [0.2, 0.25) is 0 Å². The van der Waals surface area contributed by atoms with Gasteiger partial charge in [-0.1, -0.05) is 30.3 Å². The third kappa shape index (κ3) is 5.32. The molecule has 0 radical (unpaired) electrons. The van der Waals surface area contributed by atoms with Crippen LogP contribution in [-0.2, 0) is 16.3 Å². The fraction of sp³-hybridized carbons (Fsp3) is 0.381. The molecule has 2 unspecified atom stereocenters. The Kier molecular flexibility index (Phi) is 6.34. The molecule has 2 N–H and O–H groups in total. The molecule has 0 heterocycles. The van der Waals surface area contributed by atoms with Gasteiger partial charge in [-0.25, -0.2) is 12.8 Å². The number of hydrogen-bond donors (Lipinski definition) is 2. The number of aliphatic imine (C=N–C) groups is 1. The lowest BCUT2D eigenvalue weighted by Crippen LogP contribution is -2.39. The summed E-state index contributed by atoms with van der Waals surface area (Å²) in [5.41, 5.74) is 1.78. The van der Waals surface area contributed by atoms with Crippen molar-refractivity contribution in [1.29, 1.82) is 0 Å². The Hall–Kier alpha value is -2.41. The van der Waals surface area contributed by atoms with Crippen LogP contribution >= 0.6 is 0 Å². The van der Waals surface area contributed by atoms with Gasteiger partial charge in [-0.05, 0) is 49.1 Å². The van der Waals surface area contributed by atoms with Crippen LogP contribution in [0.3, 0.4) is 0 Å². The molecule has 1 aliphatic carbocycles. The van der Waals surface area contributed by atoms with Crippen LogP contribution in [0.2, 0.25) is 0 Å². The van der Waals surface area contributed by atoms with Gasteiger partial charge in [0.1, 0.15) is 5.82 Å². The van der Waals surface area contributed by atoms with Crippen LogP contribution in [0.15, 0.2) is 58.4 Å². The quantitative estimate of drug-likeness (QED) is 0.551. The van der Waals surface area contributed by atoms with Gasteiger partial charge in [0.15, 0.2) is 15.8 Å². The molecular weight excluding hydrogens is 377 g/mol. The molecule has 2 aromatic rings. The highest BCUT2D eigenvalue weighted by molar-refractivity contribution is 7.90. The van der Waals surface area contributed by atoms with E-state index in [2.05, 4.69) is 15.6 Å². The molecule has 7 heteroatoms. The minimum absolute atomic E-state index is 0.156. The number of nitrogens with zero attached hydrogens (tertiary/aromatic N) is 1. The van der Waals surface area contributed by atoms with Gasteiger partial charge in [-0.15, -0.1) is 0 Å². The summed E-state index contributed by atoms with van der Waals surface area (Å²) in [6.45, 7) is 3.32. The first-order valence-electron chi connectivity index (χ1n) is 9.46. The van der Waals surface area contributed by atoms with E-state index in [0.29, 0.717) is 17.9 Å². The van der Waals surface area contributed by atoms with Crippen molar-refractivity contribution in [2.24, 2.45) is 4.99 Å². The number of rotatable bonds is 7. The molecule has 2 atom stereocenters. The molecule has 0 spiro atoms. The van der Waals surface area contributed by atoms with Crippen molar-refractivity contribution in [1.82, 2.24) is 10.6 Å². The Morgan fingerprint density at radius 2 is 1.89 bits per heavy atom. The van der Waals surface area contributed by atoms with E-state index in [9.17, 15) is 12.8 Å². The van der Waals surface area contributed by atoms with E-state index >= 15 is 0 Å². The molecule has 0 aromatic heterocycles. The first kappa shape index (κ1) is 20.3. The fourth-order valence-electron chi connectivity index (χ4n) is 3.17. The maximum absolute atomic E-state index is 13.9. The molecule has 1 saturated carbocycles. The van der Waals surface area contributed by atoms with E-state index in [4.69, 9.17) is 0 Å². The van der Waals surface area contributed by atoms with Crippen LogP contribution < -0.4 is 10.6 Å². The summed E-state index contributed by atoms with van der Waals surface area (Å²) < 4.78 is 37.0. The van der Waals surface area contributed by atoms with E-state index < -0.39 is 9.84 Å². The number of halogens is 1. The summed E-state index contributed by atoms with van der Waals surface area (Å²) in [7, 11) is -3.17. The van der Waals surface area contributed by atoms with Crippen molar-refractivity contribution < 1.29 is 12.8 Å². The summed E-state index contributed by atoms with van der Waals surface area (Å²) in [6, 6.07) is 14.0. The summed E-state index contributed by atoms with van der Waals surface area (Å²) in [4.78, 5) is 4.91. The molecule has 150 valence electrons. The lowest BCUT2D eigenvalue weighted by Gasteiger charge is -2.11. The van der Waals surface area contributed by atoms with Crippen molar-refractivity contribution in [2.75, 3.05) is 19.3 Å². The first-order chi connectivity index (χ1) is 13.4. The highest BCUT2D eigenvalue weighted by Gasteiger charge is 2.40. The second-order valence-electron chi connectivity index (χ2n) is 7.04. The summed E-state index contributed by atoms with van der Waals surface area (Å²) >= 11 is 0. The van der Waals surface area contributed by atoms with Gasteiger partial charge in [-0.3, -0.25) is 4.99 Å². The van der Waals surface area contributed by atoms with Crippen molar-refractivity contribution >= 4 is 15.8 Å². The van der Waals surface area contributed by atoms with Crippen LogP contribution in [0.25, 0.3) is 0 Å². The Bertz CT molecular complexity index is 942. The highest BCUT2D eigenvalue weighted by Crippen LogP contribution is 2.41. The normalized spacial score (nSPS) is 19.3. The molecule has 1 aliphatic rings. The van der Waals surface area contributed by atoms with Crippen LogP contribution in [-0.4, -0.2) is 39.8 Å². The highest BCUT2D eigenvalue weighted by atomic mass is 32.2. The fourth-order valence-corrected chi connectivity index (χ4v) is 3.80. The zero-order valence-electron chi connectivity index (χ0n) is 16.2. The van der Waals surface area contributed by atoms with Crippen LogP contribution in [0.5, 0.6) is 0 Å². The predicted octanol–water partition coefficient (Wildman–Crippen LogP) is 2.88. The van der Waals surface area contributed by atoms with E-state index in [1.54, 1.807) is 18.2 Å². The molecular formula is C21H26FN3O2S. The van der Waals surface area contributed by atoms with Gasteiger partial charge >= 0.3 is 0 Å². The minimum atomic E-state index is -3.17. The van der Waals surface area contributed by atoms with Crippen molar-refractivity contribution in [3.63, 3.8) is 0 Å². The van der Waals surface area contributed by atoms with Gasteiger partial charge in [0.25, 0.3) is 0 Å². The average molecular weight is 404 g/mol. The zero-order chi connectivity index (χ0) is 20.1. The minimum Gasteiger partial charge on any atom is -0.357 e. The Labute approximate surface area is 166 Å². The molecule has 0 aliphatic heterocycles. The van der Waals surface area contributed by atoms with Gasteiger partial charge in [0, 0.05) is 31.3 Å². The topological polar surface area (TPSA) is 70.6 Å². The second-order valence-corrected chi connectivity index (χ2v) is 9.06. The van der Waals surface area contributed by atoms with Gasteiger partial charge in [0.05, 0.1) is 4.90 Å². The largest absolute Gasteiger partial charge is 0.357 e. The van der Waals surface area contributed by atoms with Gasteiger partial charge in [-0.2, -0.15) is 0 Å². The Morgan fingerprint density at radius 3 is 2.54 bits per heavy atom. The third-order valence-corrected chi connectivity index (χ3v) is 5.91. The summed E-state index contributed by atoms with van der Waals surface area (Å²) in [5, 5.41) is 6.60. The van der Waals surface area contributed by atoms with Crippen molar-refractivity contribution in [2.45, 2.75) is 36.6 Å². The molecule has 1 fully saturated rings. The molecule has 28 heavy (non-hydrogen) atoms. The van der Waals surface area contributed by atoms with Crippen LogP contribution in [0.4, 0.5) is 4.39 Å². The maximum Gasteiger partial charge on any atom is 0.191 e. The molecule has 0 amide bonds. The Balaban J connectivity index is 1.56. The number of benzene rings is 2. The lowest BCUT2D eigenvalue weighted by molar-refractivity contribution is 0.601. The van der Waals surface area contributed by atoms with Crippen molar-refractivity contribution in [3.8, 4) is 0 Å². The summed E-state index contributed by atoms with van der Waals surface area (Å²) in [6.07, 6.45) is 2.80. The van der Waals surface area contributed by atoms with Crippen LogP contribution in [0, 0.1) is 5.82 Å². The maximum atomic E-state index is 13.9. The van der Waals surface area contributed by atoms with E-state index in [1.807, 2.05) is 31.2 Å². The number of hydrogen-bond acceptors (Lipinski definition) is 3. The Morgan fingerprint density at radius 1 is 1.18 bits per heavy atom. The SMILES string of the molecule is CCNC(=NCCc1ccc(S(C)(=O)=O)cc1)NC1CC1c1ccccc1F.